The molecule has 0 spiro atoms. The van der Waals surface area contributed by atoms with Crippen LogP contribution in [0, 0.1) is 18.3 Å². The maximum Gasteiger partial charge on any atom is 0.112 e. The molecule has 0 bridgehead atoms. The van der Waals surface area contributed by atoms with E-state index in [0.717, 1.165) is 16.4 Å². The Morgan fingerprint density at radius 2 is 2.35 bits per heavy atom. The molecular formula is C12H12N4S. The summed E-state index contributed by atoms with van der Waals surface area (Å²) in [5.41, 5.74) is 8.85. The number of nitrogen functional groups attached to an aromatic ring is 1. The average Bonchev–Trinajstić information content (AvgIpc) is 2.74. The van der Waals surface area contributed by atoms with Crippen molar-refractivity contribution in [1.82, 2.24) is 4.98 Å². The van der Waals surface area contributed by atoms with Gasteiger partial charge in [0.1, 0.15) is 5.01 Å². The van der Waals surface area contributed by atoms with E-state index in [1.807, 2.05) is 12.3 Å². The number of anilines is 2. The Labute approximate surface area is 104 Å². The Morgan fingerprint density at radius 3 is 3.00 bits per heavy atom. The van der Waals surface area contributed by atoms with Crippen molar-refractivity contribution >= 4 is 22.7 Å². The molecule has 0 aliphatic rings. The van der Waals surface area contributed by atoms with Gasteiger partial charge < -0.3 is 11.1 Å². The first kappa shape index (κ1) is 11.4. The van der Waals surface area contributed by atoms with E-state index in [4.69, 9.17) is 11.0 Å². The highest BCUT2D eigenvalue weighted by molar-refractivity contribution is 7.09. The predicted octanol–water partition coefficient (Wildman–Crippen LogP) is 2.52. The summed E-state index contributed by atoms with van der Waals surface area (Å²) in [4.78, 5) is 4.35. The number of aromatic nitrogens is 1. The van der Waals surface area contributed by atoms with Gasteiger partial charge in [-0.25, -0.2) is 4.98 Å². The van der Waals surface area contributed by atoms with E-state index in [0.29, 0.717) is 17.8 Å². The van der Waals surface area contributed by atoms with E-state index >= 15 is 0 Å². The van der Waals surface area contributed by atoms with Crippen LogP contribution in [0.25, 0.3) is 0 Å². The summed E-state index contributed by atoms with van der Waals surface area (Å²) >= 11 is 1.61. The highest BCUT2D eigenvalue weighted by atomic mass is 32.1. The van der Waals surface area contributed by atoms with Crippen molar-refractivity contribution in [2.45, 2.75) is 13.5 Å². The first-order valence-electron chi connectivity index (χ1n) is 5.13. The second kappa shape index (κ2) is 4.85. The monoisotopic (exact) mass is 244 g/mol. The van der Waals surface area contributed by atoms with E-state index in [-0.39, 0.29) is 0 Å². The molecule has 4 nitrogen and oxygen atoms in total. The third-order valence-corrected chi connectivity index (χ3v) is 3.25. The fourth-order valence-electron chi connectivity index (χ4n) is 1.43. The molecule has 0 radical (unpaired) electrons. The summed E-state index contributed by atoms with van der Waals surface area (Å²) < 4.78 is 0. The van der Waals surface area contributed by atoms with Crippen LogP contribution >= 0.6 is 11.3 Å². The smallest absolute Gasteiger partial charge is 0.112 e. The van der Waals surface area contributed by atoms with Gasteiger partial charge in [0, 0.05) is 11.1 Å². The minimum atomic E-state index is 0.594. The lowest BCUT2D eigenvalue weighted by Gasteiger charge is -2.07. The lowest BCUT2D eigenvalue weighted by atomic mass is 10.2. The van der Waals surface area contributed by atoms with Gasteiger partial charge in [0.05, 0.1) is 29.6 Å². The lowest BCUT2D eigenvalue weighted by Crippen LogP contribution is -2.02. The molecule has 17 heavy (non-hydrogen) atoms. The molecule has 86 valence electrons. The zero-order valence-electron chi connectivity index (χ0n) is 9.40. The number of nitrogens with one attached hydrogen (secondary N) is 1. The van der Waals surface area contributed by atoms with Gasteiger partial charge in [-0.3, -0.25) is 0 Å². The van der Waals surface area contributed by atoms with Gasteiger partial charge in [-0.05, 0) is 25.1 Å². The van der Waals surface area contributed by atoms with Crippen LogP contribution < -0.4 is 11.1 Å². The van der Waals surface area contributed by atoms with Crippen LogP contribution in [0.2, 0.25) is 0 Å². The third kappa shape index (κ3) is 2.74. The van der Waals surface area contributed by atoms with Crippen LogP contribution in [0.4, 0.5) is 11.4 Å². The van der Waals surface area contributed by atoms with Gasteiger partial charge in [-0.15, -0.1) is 11.3 Å². The Hall–Kier alpha value is -2.06. The second-order valence-electron chi connectivity index (χ2n) is 3.65. The summed E-state index contributed by atoms with van der Waals surface area (Å²) in [6.45, 7) is 2.59. The number of nitrogens with two attached hydrogens (primary N) is 1. The van der Waals surface area contributed by atoms with E-state index < -0.39 is 0 Å². The average molecular weight is 244 g/mol. The highest BCUT2D eigenvalue weighted by Crippen LogP contribution is 2.21. The summed E-state index contributed by atoms with van der Waals surface area (Å²) in [6.07, 6.45) is 0. The zero-order chi connectivity index (χ0) is 12.3. The van der Waals surface area contributed by atoms with E-state index in [1.54, 1.807) is 29.5 Å². The first-order valence-corrected chi connectivity index (χ1v) is 6.01. The van der Waals surface area contributed by atoms with Gasteiger partial charge in [-0.2, -0.15) is 5.26 Å². The summed E-state index contributed by atoms with van der Waals surface area (Å²) in [7, 11) is 0. The van der Waals surface area contributed by atoms with Crippen LogP contribution in [0.5, 0.6) is 0 Å². The molecule has 2 aromatic rings. The fraction of sp³-hybridized carbons (Fsp3) is 0.167. The Morgan fingerprint density at radius 1 is 1.53 bits per heavy atom. The van der Waals surface area contributed by atoms with Crippen molar-refractivity contribution in [3.05, 3.63) is 39.8 Å². The van der Waals surface area contributed by atoms with Crippen molar-refractivity contribution in [2.75, 3.05) is 11.1 Å². The third-order valence-electron chi connectivity index (χ3n) is 2.28. The molecule has 1 aromatic carbocycles. The topological polar surface area (TPSA) is 74.7 Å². The number of rotatable bonds is 3. The van der Waals surface area contributed by atoms with Crippen molar-refractivity contribution in [3.8, 4) is 6.07 Å². The maximum absolute atomic E-state index is 8.81. The Balaban J connectivity index is 2.11. The van der Waals surface area contributed by atoms with Gasteiger partial charge in [-0.1, -0.05) is 0 Å². The summed E-state index contributed by atoms with van der Waals surface area (Å²) in [5.74, 6) is 0. The molecule has 5 heteroatoms. The lowest BCUT2D eigenvalue weighted by molar-refractivity contribution is 1.08. The van der Waals surface area contributed by atoms with Crippen molar-refractivity contribution in [3.63, 3.8) is 0 Å². The van der Waals surface area contributed by atoms with E-state index in [2.05, 4.69) is 16.4 Å². The van der Waals surface area contributed by atoms with E-state index in [1.165, 1.54) is 0 Å². The molecule has 0 atom stereocenters. The molecule has 1 aromatic heterocycles. The van der Waals surface area contributed by atoms with Gasteiger partial charge >= 0.3 is 0 Å². The minimum Gasteiger partial charge on any atom is -0.397 e. The molecule has 0 saturated heterocycles. The molecule has 0 amide bonds. The van der Waals surface area contributed by atoms with Crippen LogP contribution in [0.15, 0.2) is 23.6 Å². The van der Waals surface area contributed by atoms with Crippen LogP contribution in [-0.2, 0) is 6.54 Å². The molecule has 3 N–H and O–H groups in total. The number of hydrogen-bond acceptors (Lipinski definition) is 5. The zero-order valence-corrected chi connectivity index (χ0v) is 10.2. The fourth-order valence-corrected chi connectivity index (χ4v) is 2.15. The van der Waals surface area contributed by atoms with Gasteiger partial charge in [0.15, 0.2) is 0 Å². The maximum atomic E-state index is 8.81. The number of nitrogens with zero attached hydrogens (tertiary/aromatic N) is 2. The Kier molecular flexibility index (Phi) is 3.26. The minimum absolute atomic E-state index is 0.594. The number of thiazole rings is 1. The van der Waals surface area contributed by atoms with Crippen LogP contribution in [0.3, 0.4) is 0 Å². The largest absolute Gasteiger partial charge is 0.397 e. The number of aryl methyl sites for hydroxylation is 1. The predicted molar refractivity (Wildman–Crippen MR) is 69.7 cm³/mol. The van der Waals surface area contributed by atoms with E-state index in [9.17, 15) is 0 Å². The molecule has 0 aliphatic heterocycles. The standard InChI is InChI=1S/C12H12N4S/c1-8-7-17-12(16-8)6-15-11-4-9(5-13)2-3-10(11)14/h2-4,7,15H,6,14H2,1H3. The Bertz CT molecular complexity index is 568. The highest BCUT2D eigenvalue weighted by Gasteiger charge is 2.02. The number of nitriles is 1. The van der Waals surface area contributed by atoms with Crippen LogP contribution in [-0.4, -0.2) is 4.98 Å². The van der Waals surface area contributed by atoms with Crippen LogP contribution in [0.1, 0.15) is 16.3 Å². The summed E-state index contributed by atoms with van der Waals surface area (Å²) in [5, 5.41) is 15.0. The second-order valence-corrected chi connectivity index (χ2v) is 4.59. The van der Waals surface area contributed by atoms with Crippen molar-refractivity contribution < 1.29 is 0 Å². The molecule has 0 fully saturated rings. The molecule has 0 saturated carbocycles. The van der Waals surface area contributed by atoms with Gasteiger partial charge in [0.25, 0.3) is 0 Å². The first-order chi connectivity index (χ1) is 8.19. The van der Waals surface area contributed by atoms with Crippen molar-refractivity contribution in [2.24, 2.45) is 0 Å². The molecule has 0 unspecified atom stereocenters. The van der Waals surface area contributed by atoms with Gasteiger partial charge in [0.2, 0.25) is 0 Å². The normalized spacial score (nSPS) is 9.88. The number of hydrogen-bond donors (Lipinski definition) is 2. The summed E-state index contributed by atoms with van der Waals surface area (Å²) in [6, 6.07) is 7.27. The quantitative estimate of drug-likeness (QED) is 0.813. The molecule has 2 rings (SSSR count). The molecule has 1 heterocycles. The molecular weight excluding hydrogens is 232 g/mol. The van der Waals surface area contributed by atoms with Crippen molar-refractivity contribution in [1.29, 1.82) is 5.26 Å². The SMILES string of the molecule is Cc1csc(CNc2cc(C#N)ccc2N)n1. The molecule has 0 aliphatic carbocycles. The number of benzene rings is 1.